The van der Waals surface area contributed by atoms with Gasteiger partial charge in [0, 0.05) is 18.2 Å². The van der Waals surface area contributed by atoms with Crippen molar-refractivity contribution in [3.8, 4) is 5.75 Å². The first kappa shape index (κ1) is 18.2. The minimum Gasteiger partial charge on any atom is -0.489 e. The average molecular weight is 316 g/mol. The minimum absolute atomic E-state index is 0.0163. The molecule has 0 aliphatic rings. The number of rotatable bonds is 8. The normalized spacial score (nSPS) is 13.3. The van der Waals surface area contributed by atoms with Gasteiger partial charge in [-0.1, -0.05) is 6.92 Å². The van der Waals surface area contributed by atoms with Gasteiger partial charge in [0.15, 0.2) is 11.6 Å². The second kappa shape index (κ2) is 8.53. The van der Waals surface area contributed by atoms with Gasteiger partial charge in [-0.3, -0.25) is 0 Å². The fraction of sp³-hybridized carbons (Fsp3) is 0.533. The summed E-state index contributed by atoms with van der Waals surface area (Å²) in [5, 5.41) is 14.3. The third kappa shape index (κ3) is 5.85. The van der Waals surface area contributed by atoms with Crippen molar-refractivity contribution in [3.05, 3.63) is 29.8 Å². The van der Waals surface area contributed by atoms with Crippen LogP contribution in [0.3, 0.4) is 0 Å². The van der Waals surface area contributed by atoms with Gasteiger partial charge in [-0.2, -0.15) is 0 Å². The second-order valence-electron chi connectivity index (χ2n) is 5.19. The van der Waals surface area contributed by atoms with Crippen LogP contribution in [0.4, 0.5) is 13.6 Å². The van der Waals surface area contributed by atoms with Gasteiger partial charge in [0.05, 0.1) is 6.54 Å². The SMILES string of the molecule is CCC(C)(CCO)NC(=O)NCCOc1ccc(F)cc1F. The molecule has 0 saturated carbocycles. The quantitative estimate of drug-likeness (QED) is 0.644. The molecule has 0 bridgehead atoms. The summed E-state index contributed by atoms with van der Waals surface area (Å²) in [5.41, 5.74) is -0.483. The van der Waals surface area contributed by atoms with Crippen LogP contribution in [0.5, 0.6) is 5.75 Å². The Kier molecular flexibility index (Phi) is 7.04. The number of carbonyl (C=O) groups is 1. The van der Waals surface area contributed by atoms with Crippen molar-refractivity contribution in [1.82, 2.24) is 10.6 Å². The van der Waals surface area contributed by atoms with E-state index < -0.39 is 17.2 Å². The summed E-state index contributed by atoms with van der Waals surface area (Å²) in [7, 11) is 0. The standard InChI is InChI=1S/C15H22F2N2O3/c1-3-15(2,6-8-20)19-14(21)18-7-9-22-13-5-4-11(16)10-12(13)17/h4-5,10,20H,3,6-9H2,1-2H3,(H2,18,19,21). The van der Waals surface area contributed by atoms with E-state index in [-0.39, 0.29) is 31.5 Å². The molecule has 0 aliphatic heterocycles. The van der Waals surface area contributed by atoms with E-state index >= 15 is 0 Å². The Labute approximate surface area is 128 Å². The number of benzene rings is 1. The first-order chi connectivity index (χ1) is 10.4. The van der Waals surface area contributed by atoms with Crippen LogP contribution in [0, 0.1) is 11.6 Å². The Balaban J connectivity index is 2.33. The third-order valence-electron chi connectivity index (χ3n) is 3.40. The van der Waals surface area contributed by atoms with E-state index in [1.165, 1.54) is 6.07 Å². The van der Waals surface area contributed by atoms with Gasteiger partial charge in [0.25, 0.3) is 0 Å². The smallest absolute Gasteiger partial charge is 0.315 e. The molecular weight excluding hydrogens is 294 g/mol. The maximum atomic E-state index is 13.3. The van der Waals surface area contributed by atoms with Gasteiger partial charge in [0.2, 0.25) is 0 Å². The molecule has 0 fully saturated rings. The summed E-state index contributed by atoms with van der Waals surface area (Å²) in [6.07, 6.45) is 1.13. The van der Waals surface area contributed by atoms with Crippen LogP contribution in [0.1, 0.15) is 26.7 Å². The fourth-order valence-corrected chi connectivity index (χ4v) is 1.81. The Morgan fingerprint density at radius 1 is 1.41 bits per heavy atom. The maximum Gasteiger partial charge on any atom is 0.315 e. The zero-order valence-corrected chi connectivity index (χ0v) is 12.8. The molecule has 1 unspecified atom stereocenters. The molecule has 1 aromatic carbocycles. The number of hydrogen-bond acceptors (Lipinski definition) is 3. The summed E-state index contributed by atoms with van der Waals surface area (Å²) in [5.74, 6) is -1.53. The van der Waals surface area contributed by atoms with Crippen molar-refractivity contribution < 1.29 is 23.4 Å². The summed E-state index contributed by atoms with van der Waals surface area (Å²) in [4.78, 5) is 11.7. The molecule has 0 radical (unpaired) electrons. The lowest BCUT2D eigenvalue weighted by molar-refractivity contribution is 0.199. The summed E-state index contributed by atoms with van der Waals surface area (Å²) in [6, 6.07) is 2.64. The van der Waals surface area contributed by atoms with Crippen molar-refractivity contribution in [2.45, 2.75) is 32.2 Å². The van der Waals surface area contributed by atoms with Gasteiger partial charge in [-0.25, -0.2) is 13.6 Å². The second-order valence-corrected chi connectivity index (χ2v) is 5.19. The van der Waals surface area contributed by atoms with Crippen molar-refractivity contribution >= 4 is 6.03 Å². The molecule has 22 heavy (non-hydrogen) atoms. The first-order valence-corrected chi connectivity index (χ1v) is 7.15. The van der Waals surface area contributed by atoms with Gasteiger partial charge in [0.1, 0.15) is 12.4 Å². The van der Waals surface area contributed by atoms with E-state index in [2.05, 4.69) is 10.6 Å². The van der Waals surface area contributed by atoms with E-state index in [1.54, 1.807) is 0 Å². The van der Waals surface area contributed by atoms with E-state index in [0.717, 1.165) is 12.1 Å². The van der Waals surface area contributed by atoms with E-state index in [1.807, 2.05) is 13.8 Å². The van der Waals surface area contributed by atoms with Crippen LogP contribution in [0.15, 0.2) is 18.2 Å². The van der Waals surface area contributed by atoms with Crippen molar-refractivity contribution in [1.29, 1.82) is 0 Å². The van der Waals surface area contributed by atoms with Gasteiger partial charge in [-0.05, 0) is 31.9 Å². The molecule has 0 aromatic heterocycles. The van der Waals surface area contributed by atoms with E-state index in [0.29, 0.717) is 12.8 Å². The van der Waals surface area contributed by atoms with Gasteiger partial charge < -0.3 is 20.5 Å². The van der Waals surface area contributed by atoms with Gasteiger partial charge in [-0.15, -0.1) is 0 Å². The summed E-state index contributed by atoms with van der Waals surface area (Å²) in [6.45, 7) is 3.96. The molecule has 0 spiro atoms. The zero-order chi connectivity index (χ0) is 16.6. The number of hydrogen-bond donors (Lipinski definition) is 3. The molecular formula is C15H22F2N2O3. The number of halogens is 2. The number of amides is 2. The monoisotopic (exact) mass is 316 g/mol. The molecule has 5 nitrogen and oxygen atoms in total. The lowest BCUT2D eigenvalue weighted by atomic mass is 9.95. The molecule has 7 heteroatoms. The highest BCUT2D eigenvalue weighted by atomic mass is 19.1. The predicted octanol–water partition coefficient (Wildman–Crippen LogP) is 2.19. The lowest BCUT2D eigenvalue weighted by Crippen LogP contribution is -2.51. The number of aliphatic hydroxyl groups excluding tert-OH is 1. The van der Waals surface area contributed by atoms with Crippen molar-refractivity contribution in [3.63, 3.8) is 0 Å². The van der Waals surface area contributed by atoms with Crippen LogP contribution >= 0.6 is 0 Å². The molecule has 1 atom stereocenters. The van der Waals surface area contributed by atoms with Crippen LogP contribution in [-0.2, 0) is 0 Å². The number of carbonyl (C=O) groups excluding carboxylic acids is 1. The molecule has 2 amide bonds. The highest BCUT2D eigenvalue weighted by Crippen LogP contribution is 2.17. The van der Waals surface area contributed by atoms with Crippen LogP contribution in [-0.4, -0.2) is 36.4 Å². The van der Waals surface area contributed by atoms with Crippen molar-refractivity contribution in [2.24, 2.45) is 0 Å². The first-order valence-electron chi connectivity index (χ1n) is 7.15. The number of urea groups is 1. The Hall–Kier alpha value is -1.89. The van der Waals surface area contributed by atoms with Crippen LogP contribution in [0.25, 0.3) is 0 Å². The van der Waals surface area contributed by atoms with Crippen molar-refractivity contribution in [2.75, 3.05) is 19.8 Å². The van der Waals surface area contributed by atoms with E-state index in [4.69, 9.17) is 9.84 Å². The number of aliphatic hydroxyl groups is 1. The molecule has 0 saturated heterocycles. The molecule has 0 aliphatic carbocycles. The highest BCUT2D eigenvalue weighted by Gasteiger charge is 2.23. The molecule has 1 aromatic rings. The van der Waals surface area contributed by atoms with Crippen LogP contribution < -0.4 is 15.4 Å². The Morgan fingerprint density at radius 2 is 2.14 bits per heavy atom. The molecule has 124 valence electrons. The predicted molar refractivity (Wildman–Crippen MR) is 78.8 cm³/mol. The van der Waals surface area contributed by atoms with E-state index in [9.17, 15) is 13.6 Å². The minimum atomic E-state index is -0.786. The maximum absolute atomic E-state index is 13.3. The fourth-order valence-electron chi connectivity index (χ4n) is 1.81. The molecule has 1 rings (SSSR count). The zero-order valence-electron chi connectivity index (χ0n) is 12.8. The Bertz CT molecular complexity index is 500. The highest BCUT2D eigenvalue weighted by molar-refractivity contribution is 5.74. The third-order valence-corrected chi connectivity index (χ3v) is 3.40. The molecule has 3 N–H and O–H groups in total. The largest absolute Gasteiger partial charge is 0.489 e. The average Bonchev–Trinajstić information content (AvgIpc) is 2.45. The summed E-state index contributed by atoms with van der Waals surface area (Å²) < 4.78 is 31.1. The van der Waals surface area contributed by atoms with Gasteiger partial charge >= 0.3 is 6.03 Å². The van der Waals surface area contributed by atoms with Crippen LogP contribution in [0.2, 0.25) is 0 Å². The number of nitrogens with one attached hydrogen (secondary N) is 2. The Morgan fingerprint density at radius 3 is 2.73 bits per heavy atom. The lowest BCUT2D eigenvalue weighted by Gasteiger charge is -2.29. The number of ether oxygens (including phenoxy) is 1. The topological polar surface area (TPSA) is 70.6 Å². The molecule has 0 heterocycles. The summed E-state index contributed by atoms with van der Waals surface area (Å²) >= 11 is 0.